The fourth-order valence-electron chi connectivity index (χ4n) is 3.92. The highest BCUT2D eigenvalue weighted by Crippen LogP contribution is 2.30. The van der Waals surface area contributed by atoms with Crippen molar-refractivity contribution >= 4 is 49.4 Å². The number of rotatable bonds is 5. The van der Waals surface area contributed by atoms with Crippen LogP contribution in [0.4, 0.5) is 4.39 Å². The van der Waals surface area contributed by atoms with Crippen LogP contribution in [-0.2, 0) is 11.3 Å². The molecule has 9 heteroatoms. The van der Waals surface area contributed by atoms with Gasteiger partial charge in [0.2, 0.25) is 5.91 Å². The van der Waals surface area contributed by atoms with Crippen LogP contribution in [-0.4, -0.2) is 44.2 Å². The number of pyridine rings is 1. The Morgan fingerprint density at radius 3 is 2.69 bits per heavy atom. The largest absolute Gasteiger partial charge is 0.342 e. The molecule has 4 aromatic rings. The lowest BCUT2D eigenvalue weighted by Crippen LogP contribution is -2.37. The third-order valence-electron chi connectivity index (χ3n) is 5.61. The number of halogens is 1. The van der Waals surface area contributed by atoms with Gasteiger partial charge in [0.25, 0.3) is 5.56 Å². The molecule has 0 atom stereocenters. The summed E-state index contributed by atoms with van der Waals surface area (Å²) >= 11 is 2.60. The molecule has 3 aromatic heterocycles. The molecule has 5 rings (SSSR count). The van der Waals surface area contributed by atoms with Crippen LogP contribution in [0, 0.1) is 5.82 Å². The van der Waals surface area contributed by atoms with Gasteiger partial charge in [0.1, 0.15) is 15.3 Å². The van der Waals surface area contributed by atoms with Crippen LogP contribution < -0.4 is 5.56 Å². The molecule has 32 heavy (non-hydrogen) atoms. The maximum atomic E-state index is 13.5. The Kier molecular flexibility index (Phi) is 5.93. The number of hydrogen-bond donors (Lipinski definition) is 0. The predicted molar refractivity (Wildman–Crippen MR) is 126 cm³/mol. The van der Waals surface area contributed by atoms with Crippen molar-refractivity contribution in [3.05, 3.63) is 64.3 Å². The van der Waals surface area contributed by atoms with Crippen molar-refractivity contribution in [1.82, 2.24) is 19.4 Å². The average Bonchev–Trinajstić information content (AvgIpc) is 3.20. The van der Waals surface area contributed by atoms with Crippen LogP contribution >= 0.6 is 23.1 Å². The highest BCUT2D eigenvalue weighted by Gasteiger charge is 2.20. The predicted octanol–water partition coefficient (Wildman–Crippen LogP) is 4.30. The number of hydrogen-bond acceptors (Lipinski definition) is 6. The molecule has 0 spiro atoms. The maximum Gasteiger partial charge on any atom is 0.272 e. The van der Waals surface area contributed by atoms with Gasteiger partial charge in [-0.3, -0.25) is 14.2 Å². The van der Waals surface area contributed by atoms with Crippen LogP contribution in [0.25, 0.3) is 20.4 Å². The number of carbonyl (C=O) groups is 1. The molecular weight excluding hydrogens is 447 g/mol. The van der Waals surface area contributed by atoms with E-state index in [9.17, 15) is 14.0 Å². The molecule has 0 aliphatic carbocycles. The van der Waals surface area contributed by atoms with E-state index in [4.69, 9.17) is 4.98 Å². The summed E-state index contributed by atoms with van der Waals surface area (Å²) in [5, 5.41) is 1.32. The van der Waals surface area contributed by atoms with Crippen molar-refractivity contribution in [1.29, 1.82) is 0 Å². The number of thioether (sulfide) groups is 1. The second-order valence-electron chi connectivity index (χ2n) is 7.78. The van der Waals surface area contributed by atoms with E-state index in [1.807, 2.05) is 17.0 Å². The molecule has 0 radical (unpaired) electrons. The average molecular weight is 469 g/mol. The molecule has 0 bridgehead atoms. The molecule has 1 amide bonds. The smallest absolute Gasteiger partial charge is 0.272 e. The number of amides is 1. The van der Waals surface area contributed by atoms with Crippen molar-refractivity contribution in [3.8, 4) is 0 Å². The Balaban J connectivity index is 1.54. The van der Waals surface area contributed by atoms with Gasteiger partial charge in [0.05, 0.1) is 17.8 Å². The Labute approximate surface area is 192 Å². The first-order valence-corrected chi connectivity index (χ1v) is 12.3. The first kappa shape index (κ1) is 21.1. The summed E-state index contributed by atoms with van der Waals surface area (Å²) in [7, 11) is 0. The monoisotopic (exact) mass is 468 g/mol. The first-order chi connectivity index (χ1) is 15.6. The lowest BCUT2D eigenvalue weighted by molar-refractivity contribution is -0.129. The third-order valence-corrected chi connectivity index (χ3v) is 7.66. The fraction of sp³-hybridized carbons (Fsp3) is 0.304. The second kappa shape index (κ2) is 8.99. The molecule has 164 valence electrons. The molecule has 1 fully saturated rings. The zero-order chi connectivity index (χ0) is 22.1. The molecular formula is C23H21FN4O2S2. The molecule has 6 nitrogen and oxygen atoms in total. The van der Waals surface area contributed by atoms with Crippen LogP contribution in [0.3, 0.4) is 0 Å². The third kappa shape index (κ3) is 4.14. The van der Waals surface area contributed by atoms with Crippen LogP contribution in [0.15, 0.2) is 52.5 Å². The number of benzene rings is 1. The lowest BCUT2D eigenvalue weighted by atomic mass is 10.1. The highest BCUT2D eigenvalue weighted by molar-refractivity contribution is 7.99. The minimum absolute atomic E-state index is 0.0641. The molecule has 0 saturated carbocycles. The number of aromatic nitrogens is 3. The zero-order valence-corrected chi connectivity index (χ0v) is 18.9. The second-order valence-corrected chi connectivity index (χ2v) is 9.72. The van der Waals surface area contributed by atoms with Gasteiger partial charge in [-0.2, -0.15) is 0 Å². The van der Waals surface area contributed by atoms with Crippen LogP contribution in [0.2, 0.25) is 0 Å². The Morgan fingerprint density at radius 2 is 1.91 bits per heavy atom. The summed E-state index contributed by atoms with van der Waals surface area (Å²) in [4.78, 5) is 38.0. The number of carbonyl (C=O) groups excluding carboxylic acids is 1. The lowest BCUT2D eigenvalue weighted by Gasteiger charge is -2.26. The van der Waals surface area contributed by atoms with E-state index < -0.39 is 0 Å². The minimum atomic E-state index is -0.327. The van der Waals surface area contributed by atoms with Gasteiger partial charge in [-0.1, -0.05) is 23.9 Å². The molecule has 1 aliphatic heterocycles. The van der Waals surface area contributed by atoms with Gasteiger partial charge in [0, 0.05) is 24.7 Å². The zero-order valence-electron chi connectivity index (χ0n) is 17.3. The standard InChI is InChI=1S/C23H21FN4O2S2/c24-16-8-6-15(7-9-16)13-28-22(30)20-19(17-5-4-10-25-21(17)32-20)26-23(28)31-14-18(29)27-11-2-1-3-12-27/h4-10H,1-3,11-14H2. The number of thiophene rings is 1. The van der Waals surface area contributed by atoms with Crippen LogP contribution in [0.5, 0.6) is 0 Å². The Hall–Kier alpha value is -2.78. The molecule has 1 aliphatic rings. The van der Waals surface area contributed by atoms with E-state index in [1.54, 1.807) is 22.9 Å². The Morgan fingerprint density at radius 1 is 1.12 bits per heavy atom. The summed E-state index contributed by atoms with van der Waals surface area (Å²) < 4.78 is 15.5. The van der Waals surface area contributed by atoms with E-state index in [1.165, 1.54) is 35.2 Å². The van der Waals surface area contributed by atoms with E-state index in [-0.39, 0.29) is 29.6 Å². The van der Waals surface area contributed by atoms with Gasteiger partial charge in [-0.05, 0) is 49.1 Å². The number of nitrogens with zero attached hydrogens (tertiary/aromatic N) is 4. The topological polar surface area (TPSA) is 68.1 Å². The maximum absolute atomic E-state index is 13.5. The summed E-state index contributed by atoms with van der Waals surface area (Å²) in [5.41, 5.74) is 1.24. The van der Waals surface area contributed by atoms with E-state index >= 15 is 0 Å². The summed E-state index contributed by atoms with van der Waals surface area (Å²) in [6.45, 7) is 1.83. The quantitative estimate of drug-likeness (QED) is 0.323. The summed E-state index contributed by atoms with van der Waals surface area (Å²) in [6, 6.07) is 9.81. The van der Waals surface area contributed by atoms with Crippen molar-refractivity contribution < 1.29 is 9.18 Å². The van der Waals surface area contributed by atoms with Crippen molar-refractivity contribution in [2.45, 2.75) is 31.0 Å². The van der Waals surface area contributed by atoms with Crippen molar-refractivity contribution in [2.75, 3.05) is 18.8 Å². The number of likely N-dealkylation sites (tertiary alicyclic amines) is 1. The summed E-state index contributed by atoms with van der Waals surface area (Å²) in [6.07, 6.45) is 4.92. The van der Waals surface area contributed by atoms with Gasteiger partial charge in [-0.25, -0.2) is 14.4 Å². The van der Waals surface area contributed by atoms with Crippen LogP contribution in [0.1, 0.15) is 24.8 Å². The molecule has 1 aromatic carbocycles. The first-order valence-electron chi connectivity index (χ1n) is 10.5. The number of piperidine rings is 1. The molecule has 4 heterocycles. The van der Waals surface area contributed by atoms with Gasteiger partial charge in [0.15, 0.2) is 5.16 Å². The molecule has 0 unspecified atom stereocenters. The van der Waals surface area contributed by atoms with Crippen molar-refractivity contribution in [2.24, 2.45) is 0 Å². The minimum Gasteiger partial charge on any atom is -0.342 e. The van der Waals surface area contributed by atoms with Crippen molar-refractivity contribution in [3.63, 3.8) is 0 Å². The van der Waals surface area contributed by atoms with E-state index in [2.05, 4.69) is 4.98 Å². The molecule has 0 N–H and O–H groups in total. The Bertz CT molecular complexity index is 1340. The number of fused-ring (bicyclic) bond motifs is 3. The van der Waals surface area contributed by atoms with E-state index in [0.29, 0.717) is 15.4 Å². The fourth-order valence-corrected chi connectivity index (χ4v) is 5.85. The van der Waals surface area contributed by atoms with Gasteiger partial charge < -0.3 is 4.90 Å². The highest BCUT2D eigenvalue weighted by atomic mass is 32.2. The normalized spacial score (nSPS) is 14.3. The summed E-state index contributed by atoms with van der Waals surface area (Å²) in [5.74, 6) is -0.0389. The van der Waals surface area contributed by atoms with E-state index in [0.717, 1.165) is 48.1 Å². The molecule has 1 saturated heterocycles. The van der Waals surface area contributed by atoms with Gasteiger partial charge in [-0.15, -0.1) is 11.3 Å². The SMILES string of the molecule is O=C(CSc1nc2c(sc3ncccc32)c(=O)n1Cc1ccc(F)cc1)N1CCCCC1. The van der Waals surface area contributed by atoms with Gasteiger partial charge >= 0.3 is 0 Å².